The van der Waals surface area contributed by atoms with Gasteiger partial charge in [-0.15, -0.1) is 0 Å². The Morgan fingerprint density at radius 3 is 2.61 bits per heavy atom. The van der Waals surface area contributed by atoms with Crippen molar-refractivity contribution in [1.29, 1.82) is 0 Å². The van der Waals surface area contributed by atoms with E-state index in [4.69, 9.17) is 0 Å². The van der Waals surface area contributed by atoms with Crippen molar-refractivity contribution in [2.45, 2.75) is 6.42 Å². The van der Waals surface area contributed by atoms with Crippen LogP contribution in [0.3, 0.4) is 0 Å². The van der Waals surface area contributed by atoms with Gasteiger partial charge in [-0.25, -0.2) is 0 Å². The van der Waals surface area contributed by atoms with Gasteiger partial charge in [-0.3, -0.25) is 0 Å². The summed E-state index contributed by atoms with van der Waals surface area (Å²) in [5, 5.41) is 1.28. The third-order valence-electron chi connectivity index (χ3n) is 3.07. The molecule has 18 heavy (non-hydrogen) atoms. The van der Waals surface area contributed by atoms with E-state index in [0.717, 1.165) is 15.4 Å². The monoisotopic (exact) mass is 363 g/mol. The summed E-state index contributed by atoms with van der Waals surface area (Å²) in [7, 11) is 0. The number of halogens is 2. The van der Waals surface area contributed by atoms with Gasteiger partial charge in [0.1, 0.15) is 0 Å². The molecule has 0 saturated carbocycles. The van der Waals surface area contributed by atoms with Crippen molar-refractivity contribution in [2.24, 2.45) is 0 Å². The second-order valence-electron chi connectivity index (χ2n) is 4.27. The molecule has 0 unspecified atom stereocenters. The lowest BCUT2D eigenvalue weighted by Crippen LogP contribution is -1.87. The lowest BCUT2D eigenvalue weighted by molar-refractivity contribution is 1.19. The molecule has 0 spiro atoms. The Bertz CT molecular complexity index is 701. The summed E-state index contributed by atoms with van der Waals surface area (Å²) < 4.78 is 2.28. The van der Waals surface area contributed by atoms with Crippen LogP contribution < -0.4 is 0 Å². The number of aromatic amines is 1. The lowest BCUT2D eigenvalue weighted by atomic mass is 10.0. The summed E-state index contributed by atoms with van der Waals surface area (Å²) >= 11 is 7.13. The van der Waals surface area contributed by atoms with Crippen LogP contribution in [0.4, 0.5) is 0 Å². The van der Waals surface area contributed by atoms with Crippen molar-refractivity contribution in [2.75, 3.05) is 0 Å². The molecule has 90 valence electrons. The molecule has 0 fully saturated rings. The Labute approximate surface area is 122 Å². The largest absolute Gasteiger partial charge is 0.361 e. The van der Waals surface area contributed by atoms with E-state index >= 15 is 0 Å². The van der Waals surface area contributed by atoms with Crippen molar-refractivity contribution in [3.05, 3.63) is 68.7 Å². The van der Waals surface area contributed by atoms with Gasteiger partial charge < -0.3 is 4.98 Å². The first-order valence-electron chi connectivity index (χ1n) is 5.73. The number of fused-ring (bicyclic) bond motifs is 1. The highest BCUT2D eigenvalue weighted by Gasteiger charge is 2.06. The van der Waals surface area contributed by atoms with Gasteiger partial charge in [-0.2, -0.15) is 0 Å². The molecule has 3 heteroatoms. The van der Waals surface area contributed by atoms with Crippen LogP contribution in [0.15, 0.2) is 57.6 Å². The fraction of sp³-hybridized carbons (Fsp3) is 0.0667. The number of benzene rings is 2. The average Bonchev–Trinajstić information content (AvgIpc) is 2.75. The van der Waals surface area contributed by atoms with E-state index in [0.29, 0.717) is 0 Å². The SMILES string of the molecule is Brc1ccc2[nH]cc(Cc3ccccc3Br)c2c1. The minimum absolute atomic E-state index is 0.928. The molecule has 0 aliphatic heterocycles. The molecule has 0 aliphatic carbocycles. The standard InChI is InChI=1S/C15H11Br2N/c16-12-5-6-15-13(8-12)11(9-18-15)7-10-3-1-2-4-14(10)17/h1-6,8-9,18H,7H2. The topological polar surface area (TPSA) is 15.8 Å². The average molecular weight is 365 g/mol. The Morgan fingerprint density at radius 1 is 0.944 bits per heavy atom. The fourth-order valence-electron chi connectivity index (χ4n) is 2.14. The highest BCUT2D eigenvalue weighted by molar-refractivity contribution is 9.10. The van der Waals surface area contributed by atoms with Crippen LogP contribution in [0.5, 0.6) is 0 Å². The van der Waals surface area contributed by atoms with Crippen LogP contribution in [-0.4, -0.2) is 4.98 Å². The Hall–Kier alpha value is -1.06. The summed E-state index contributed by atoms with van der Waals surface area (Å²) in [6.07, 6.45) is 3.02. The number of hydrogen-bond donors (Lipinski definition) is 1. The second kappa shape index (κ2) is 4.90. The second-order valence-corrected chi connectivity index (χ2v) is 6.04. The summed E-state index contributed by atoms with van der Waals surface area (Å²) in [5.74, 6) is 0. The maximum Gasteiger partial charge on any atom is 0.0457 e. The molecule has 1 nitrogen and oxygen atoms in total. The summed E-state index contributed by atoms with van der Waals surface area (Å²) in [6, 6.07) is 14.7. The minimum Gasteiger partial charge on any atom is -0.361 e. The predicted octanol–water partition coefficient (Wildman–Crippen LogP) is 5.28. The highest BCUT2D eigenvalue weighted by Crippen LogP contribution is 2.26. The number of H-pyrrole nitrogens is 1. The third kappa shape index (κ3) is 2.25. The van der Waals surface area contributed by atoms with E-state index in [2.05, 4.69) is 79.4 Å². The van der Waals surface area contributed by atoms with Crippen LogP contribution in [0.25, 0.3) is 10.9 Å². The van der Waals surface area contributed by atoms with Gasteiger partial charge in [-0.05, 0) is 35.4 Å². The van der Waals surface area contributed by atoms with Crippen LogP contribution in [0.1, 0.15) is 11.1 Å². The molecule has 0 atom stereocenters. The van der Waals surface area contributed by atoms with Gasteiger partial charge in [0, 0.05) is 32.5 Å². The zero-order valence-electron chi connectivity index (χ0n) is 9.58. The van der Waals surface area contributed by atoms with Crippen LogP contribution in [-0.2, 0) is 6.42 Å². The smallest absolute Gasteiger partial charge is 0.0457 e. The molecule has 1 heterocycles. The molecular weight excluding hydrogens is 354 g/mol. The number of hydrogen-bond acceptors (Lipinski definition) is 0. The number of nitrogens with one attached hydrogen (secondary N) is 1. The molecule has 0 radical (unpaired) electrons. The normalized spacial score (nSPS) is 11.0. The maximum absolute atomic E-state index is 3.60. The fourth-order valence-corrected chi connectivity index (χ4v) is 2.93. The summed E-state index contributed by atoms with van der Waals surface area (Å²) in [6.45, 7) is 0. The van der Waals surface area contributed by atoms with Gasteiger partial charge in [0.25, 0.3) is 0 Å². The van der Waals surface area contributed by atoms with Crippen LogP contribution >= 0.6 is 31.9 Å². The number of rotatable bonds is 2. The molecule has 0 amide bonds. The lowest BCUT2D eigenvalue weighted by Gasteiger charge is -2.03. The highest BCUT2D eigenvalue weighted by atomic mass is 79.9. The predicted molar refractivity (Wildman–Crippen MR) is 82.9 cm³/mol. The molecular formula is C15H11Br2N. The van der Waals surface area contributed by atoms with Gasteiger partial charge >= 0.3 is 0 Å². The zero-order chi connectivity index (χ0) is 12.5. The Morgan fingerprint density at radius 2 is 1.78 bits per heavy atom. The van der Waals surface area contributed by atoms with Gasteiger partial charge in [0.15, 0.2) is 0 Å². The van der Waals surface area contributed by atoms with Crippen molar-refractivity contribution >= 4 is 42.8 Å². The minimum atomic E-state index is 0.928. The molecule has 1 N–H and O–H groups in total. The maximum atomic E-state index is 3.60. The van der Waals surface area contributed by atoms with E-state index in [9.17, 15) is 0 Å². The van der Waals surface area contributed by atoms with E-state index in [1.807, 2.05) is 6.07 Å². The molecule has 3 rings (SSSR count). The van der Waals surface area contributed by atoms with E-state index in [1.54, 1.807) is 0 Å². The first kappa shape index (κ1) is 12.0. The first-order chi connectivity index (χ1) is 8.74. The molecule has 2 aromatic carbocycles. The molecule has 1 aromatic heterocycles. The number of aromatic nitrogens is 1. The van der Waals surface area contributed by atoms with E-state index < -0.39 is 0 Å². The third-order valence-corrected chi connectivity index (χ3v) is 4.34. The summed E-state index contributed by atoms with van der Waals surface area (Å²) in [5.41, 5.74) is 3.80. The van der Waals surface area contributed by atoms with E-state index in [-0.39, 0.29) is 0 Å². The van der Waals surface area contributed by atoms with Crippen molar-refractivity contribution in [3.8, 4) is 0 Å². The van der Waals surface area contributed by atoms with Crippen molar-refractivity contribution in [1.82, 2.24) is 4.98 Å². The molecule has 0 bridgehead atoms. The summed E-state index contributed by atoms with van der Waals surface area (Å²) in [4.78, 5) is 3.32. The van der Waals surface area contributed by atoms with E-state index in [1.165, 1.54) is 22.0 Å². The first-order valence-corrected chi connectivity index (χ1v) is 7.31. The van der Waals surface area contributed by atoms with Gasteiger partial charge in [0.05, 0.1) is 0 Å². The molecule has 0 saturated heterocycles. The van der Waals surface area contributed by atoms with Gasteiger partial charge in [0.2, 0.25) is 0 Å². The zero-order valence-corrected chi connectivity index (χ0v) is 12.8. The van der Waals surface area contributed by atoms with Crippen molar-refractivity contribution < 1.29 is 0 Å². The molecule has 0 aliphatic rings. The van der Waals surface area contributed by atoms with Crippen LogP contribution in [0, 0.1) is 0 Å². The Balaban J connectivity index is 2.05. The van der Waals surface area contributed by atoms with Gasteiger partial charge in [-0.1, -0.05) is 50.1 Å². The van der Waals surface area contributed by atoms with Crippen LogP contribution in [0.2, 0.25) is 0 Å². The quantitative estimate of drug-likeness (QED) is 0.636. The molecule has 3 aromatic rings. The Kier molecular flexibility index (Phi) is 3.27. The van der Waals surface area contributed by atoms with Crippen molar-refractivity contribution in [3.63, 3.8) is 0 Å².